The molecule has 15 heavy (non-hydrogen) atoms. The fourth-order valence-corrected chi connectivity index (χ4v) is 1.92. The first kappa shape index (κ1) is 10.1. The van der Waals surface area contributed by atoms with Crippen molar-refractivity contribution < 1.29 is 5.11 Å². The van der Waals surface area contributed by atoms with Gasteiger partial charge in [-0.05, 0) is 25.0 Å². The van der Waals surface area contributed by atoms with Crippen LogP contribution in [0.1, 0.15) is 25.3 Å². The molecule has 0 spiro atoms. The number of benzene rings is 1. The monoisotopic (exact) mass is 203 g/mol. The van der Waals surface area contributed by atoms with Gasteiger partial charge in [0.25, 0.3) is 0 Å². The van der Waals surface area contributed by atoms with Gasteiger partial charge in [-0.2, -0.15) is 0 Å². The van der Waals surface area contributed by atoms with E-state index in [4.69, 9.17) is 0 Å². The Morgan fingerprint density at radius 1 is 1.27 bits per heavy atom. The zero-order valence-electron chi connectivity index (χ0n) is 9.33. The van der Waals surface area contributed by atoms with E-state index in [2.05, 4.69) is 26.1 Å². The molecule has 0 unspecified atom stereocenters. The molecular formula is C13H17NO. The lowest BCUT2D eigenvalue weighted by Crippen LogP contribution is -1.93. The van der Waals surface area contributed by atoms with Crippen LogP contribution in [0.15, 0.2) is 24.4 Å². The fourth-order valence-electron chi connectivity index (χ4n) is 1.92. The molecule has 0 saturated carbocycles. The van der Waals surface area contributed by atoms with E-state index in [1.807, 2.05) is 16.7 Å². The smallest absolute Gasteiger partial charge is 0.199 e. The van der Waals surface area contributed by atoms with E-state index in [0.29, 0.717) is 5.88 Å². The molecule has 2 nitrogen and oxygen atoms in total. The van der Waals surface area contributed by atoms with Crippen LogP contribution in [0.4, 0.5) is 0 Å². The number of hydrogen-bond donors (Lipinski definition) is 1. The van der Waals surface area contributed by atoms with Gasteiger partial charge in [0, 0.05) is 23.5 Å². The largest absolute Gasteiger partial charge is 0.494 e. The van der Waals surface area contributed by atoms with Crippen LogP contribution in [0, 0.1) is 6.92 Å². The van der Waals surface area contributed by atoms with Crippen molar-refractivity contribution >= 4 is 10.8 Å². The van der Waals surface area contributed by atoms with Gasteiger partial charge in [-0.3, -0.25) is 0 Å². The van der Waals surface area contributed by atoms with Crippen LogP contribution < -0.4 is 0 Å². The normalized spacial score (nSPS) is 11.1. The second-order valence-corrected chi connectivity index (χ2v) is 4.04. The van der Waals surface area contributed by atoms with E-state index in [9.17, 15) is 5.11 Å². The summed E-state index contributed by atoms with van der Waals surface area (Å²) in [6.45, 7) is 5.13. The maximum absolute atomic E-state index is 10.0. The van der Waals surface area contributed by atoms with Crippen molar-refractivity contribution in [2.75, 3.05) is 0 Å². The molecule has 0 aliphatic heterocycles. The molecule has 1 aromatic heterocycles. The van der Waals surface area contributed by atoms with E-state index in [-0.39, 0.29) is 0 Å². The van der Waals surface area contributed by atoms with Crippen LogP contribution in [0.2, 0.25) is 0 Å². The predicted molar refractivity (Wildman–Crippen MR) is 63.2 cm³/mol. The summed E-state index contributed by atoms with van der Waals surface area (Å²) >= 11 is 0. The SMILES string of the molecule is CCCCn1cc2c(C)cccc2c1O. The first-order chi connectivity index (χ1) is 7.24. The molecule has 0 saturated heterocycles. The molecule has 0 fully saturated rings. The summed E-state index contributed by atoms with van der Waals surface area (Å²) in [7, 11) is 0. The van der Waals surface area contributed by atoms with Gasteiger partial charge in [-0.15, -0.1) is 0 Å². The maximum atomic E-state index is 10.0. The topological polar surface area (TPSA) is 25.2 Å². The highest BCUT2D eigenvalue weighted by Crippen LogP contribution is 2.29. The highest BCUT2D eigenvalue weighted by atomic mass is 16.3. The van der Waals surface area contributed by atoms with Gasteiger partial charge in [-0.25, -0.2) is 0 Å². The van der Waals surface area contributed by atoms with Crippen molar-refractivity contribution in [3.63, 3.8) is 0 Å². The minimum absolute atomic E-state index is 0.405. The van der Waals surface area contributed by atoms with E-state index in [1.54, 1.807) is 0 Å². The zero-order chi connectivity index (χ0) is 10.8. The van der Waals surface area contributed by atoms with E-state index >= 15 is 0 Å². The molecule has 0 amide bonds. The first-order valence-electron chi connectivity index (χ1n) is 5.51. The zero-order valence-corrected chi connectivity index (χ0v) is 9.33. The number of hydrogen-bond acceptors (Lipinski definition) is 1. The third kappa shape index (κ3) is 1.72. The van der Waals surface area contributed by atoms with Crippen molar-refractivity contribution in [2.45, 2.75) is 33.2 Å². The lowest BCUT2D eigenvalue weighted by atomic mass is 10.1. The minimum Gasteiger partial charge on any atom is -0.494 e. The van der Waals surface area contributed by atoms with Crippen molar-refractivity contribution in [1.82, 2.24) is 4.57 Å². The minimum atomic E-state index is 0.405. The molecule has 0 radical (unpaired) electrons. The molecule has 0 atom stereocenters. The summed E-state index contributed by atoms with van der Waals surface area (Å²) < 4.78 is 1.95. The third-order valence-corrected chi connectivity index (χ3v) is 2.87. The van der Waals surface area contributed by atoms with Crippen molar-refractivity contribution in [3.05, 3.63) is 30.0 Å². The molecule has 2 aromatic rings. The Morgan fingerprint density at radius 3 is 2.73 bits per heavy atom. The number of nitrogens with zero attached hydrogens (tertiary/aromatic N) is 1. The Morgan fingerprint density at radius 2 is 2.07 bits per heavy atom. The Bertz CT molecular complexity index is 471. The van der Waals surface area contributed by atoms with Gasteiger partial charge in [0.2, 0.25) is 0 Å². The average Bonchev–Trinajstić information content (AvgIpc) is 2.55. The lowest BCUT2D eigenvalue weighted by molar-refractivity contribution is 0.418. The molecule has 80 valence electrons. The summed E-state index contributed by atoms with van der Waals surface area (Å²) in [5.74, 6) is 0.405. The van der Waals surface area contributed by atoms with Crippen LogP contribution in [-0.4, -0.2) is 9.67 Å². The van der Waals surface area contributed by atoms with Gasteiger partial charge in [-0.1, -0.05) is 25.5 Å². The molecule has 0 bridgehead atoms. The van der Waals surface area contributed by atoms with Crippen LogP contribution in [0.3, 0.4) is 0 Å². The van der Waals surface area contributed by atoms with Crippen LogP contribution >= 0.6 is 0 Å². The molecule has 1 aromatic carbocycles. The second-order valence-electron chi connectivity index (χ2n) is 4.04. The van der Waals surface area contributed by atoms with Gasteiger partial charge in [0.1, 0.15) is 0 Å². The summed E-state index contributed by atoms with van der Waals surface area (Å²) in [6.07, 6.45) is 4.30. The van der Waals surface area contributed by atoms with Crippen LogP contribution in [0.5, 0.6) is 5.88 Å². The molecule has 1 N–H and O–H groups in total. The molecule has 1 heterocycles. The number of aromatic nitrogens is 1. The number of aryl methyl sites for hydroxylation is 2. The third-order valence-electron chi connectivity index (χ3n) is 2.87. The molecule has 0 aliphatic carbocycles. The predicted octanol–water partition coefficient (Wildman–Crippen LogP) is 3.46. The summed E-state index contributed by atoms with van der Waals surface area (Å²) in [6, 6.07) is 6.04. The fraction of sp³-hybridized carbons (Fsp3) is 0.385. The highest BCUT2D eigenvalue weighted by Gasteiger charge is 2.08. The molecule has 2 rings (SSSR count). The maximum Gasteiger partial charge on any atom is 0.199 e. The van der Waals surface area contributed by atoms with Crippen molar-refractivity contribution in [2.24, 2.45) is 0 Å². The number of rotatable bonds is 3. The number of aromatic hydroxyl groups is 1. The quantitative estimate of drug-likeness (QED) is 0.812. The number of unbranched alkanes of at least 4 members (excludes halogenated alkanes) is 1. The van der Waals surface area contributed by atoms with Gasteiger partial charge >= 0.3 is 0 Å². The standard InChI is InChI=1S/C13H17NO/c1-3-4-8-14-9-12-10(2)6-5-7-11(12)13(14)15/h5-7,9,15H,3-4,8H2,1-2H3. The number of fused-ring (bicyclic) bond motifs is 1. The second kappa shape index (κ2) is 3.97. The Hall–Kier alpha value is -1.44. The Kier molecular flexibility index (Phi) is 2.67. The Labute approximate surface area is 90.2 Å². The average molecular weight is 203 g/mol. The van der Waals surface area contributed by atoms with Gasteiger partial charge < -0.3 is 9.67 Å². The lowest BCUT2D eigenvalue weighted by Gasteiger charge is -2.02. The van der Waals surface area contributed by atoms with Crippen molar-refractivity contribution in [3.8, 4) is 5.88 Å². The Balaban J connectivity index is 2.49. The van der Waals surface area contributed by atoms with Crippen LogP contribution in [0.25, 0.3) is 10.8 Å². The first-order valence-corrected chi connectivity index (χ1v) is 5.51. The van der Waals surface area contributed by atoms with E-state index in [0.717, 1.165) is 30.2 Å². The summed E-state index contributed by atoms with van der Waals surface area (Å²) in [5, 5.41) is 12.1. The van der Waals surface area contributed by atoms with Gasteiger partial charge in [0.15, 0.2) is 5.88 Å². The van der Waals surface area contributed by atoms with Crippen molar-refractivity contribution in [1.29, 1.82) is 0 Å². The molecule has 2 heteroatoms. The van der Waals surface area contributed by atoms with Gasteiger partial charge in [0.05, 0.1) is 0 Å². The summed E-state index contributed by atoms with van der Waals surface area (Å²) in [5.41, 5.74) is 1.22. The highest BCUT2D eigenvalue weighted by molar-refractivity contribution is 5.90. The summed E-state index contributed by atoms with van der Waals surface area (Å²) in [4.78, 5) is 0. The molecular weight excluding hydrogens is 186 g/mol. The van der Waals surface area contributed by atoms with E-state index in [1.165, 1.54) is 5.56 Å². The molecule has 0 aliphatic rings. The van der Waals surface area contributed by atoms with E-state index < -0.39 is 0 Å². The van der Waals surface area contributed by atoms with Crippen LogP contribution in [-0.2, 0) is 6.54 Å².